The van der Waals surface area contributed by atoms with Gasteiger partial charge in [-0.2, -0.15) is 13.2 Å². The number of hydrogen-bond acceptors (Lipinski definition) is 2. The third-order valence-electron chi connectivity index (χ3n) is 8.06. The van der Waals surface area contributed by atoms with Crippen molar-refractivity contribution in [2.24, 2.45) is 5.92 Å². The van der Waals surface area contributed by atoms with Crippen LogP contribution in [0.25, 0.3) is 0 Å². The van der Waals surface area contributed by atoms with Gasteiger partial charge in [-0.1, -0.05) is 103 Å². The van der Waals surface area contributed by atoms with Gasteiger partial charge >= 0.3 is 6.18 Å². The van der Waals surface area contributed by atoms with Crippen molar-refractivity contribution in [2.75, 3.05) is 6.61 Å². The molecule has 1 aromatic heterocycles. The van der Waals surface area contributed by atoms with Crippen molar-refractivity contribution in [3.05, 3.63) is 161 Å². The van der Waals surface area contributed by atoms with Crippen LogP contribution in [0.1, 0.15) is 45.6 Å². The average molecular weight is 553 g/mol. The molecule has 0 saturated heterocycles. The van der Waals surface area contributed by atoms with Crippen LogP contribution in [0.4, 0.5) is 13.2 Å². The van der Waals surface area contributed by atoms with Gasteiger partial charge in [0.1, 0.15) is 5.54 Å². The molecule has 1 aliphatic rings. The highest BCUT2D eigenvalue weighted by atomic mass is 19.4. The summed E-state index contributed by atoms with van der Waals surface area (Å²) in [5.74, 6) is 0.292. The summed E-state index contributed by atoms with van der Waals surface area (Å²) in [5.41, 5.74) is 5.30. The highest BCUT2D eigenvalue weighted by Gasteiger charge is 2.41. The number of rotatable bonds is 8. The molecule has 1 heterocycles. The van der Waals surface area contributed by atoms with Gasteiger partial charge in [0.15, 0.2) is 0 Å². The van der Waals surface area contributed by atoms with E-state index in [1.165, 1.54) is 34.5 Å². The van der Waals surface area contributed by atoms with Gasteiger partial charge < -0.3 is 9.30 Å². The standard InChI is InChI=1S/C35H31F3N2O/c36-35(37,38)31-19-16-26(17-20-31)23-41-24-27-18-21-33-32(22-27)39-25-40(33)34(28-10-4-1-5-11-28,29-12-6-2-7-13-29)30-14-8-3-9-15-30/h1-17,19-20,25,27H,18,21-24H2. The van der Waals surface area contributed by atoms with E-state index in [0.29, 0.717) is 12.5 Å². The summed E-state index contributed by atoms with van der Waals surface area (Å²) in [6.07, 6.45) is 0.257. The Bertz CT molecular complexity index is 1470. The minimum Gasteiger partial charge on any atom is -0.376 e. The summed E-state index contributed by atoms with van der Waals surface area (Å²) in [4.78, 5) is 4.95. The molecule has 208 valence electrons. The Balaban J connectivity index is 1.28. The van der Waals surface area contributed by atoms with E-state index in [1.54, 1.807) is 0 Å². The smallest absolute Gasteiger partial charge is 0.376 e. The SMILES string of the molecule is FC(F)(F)c1ccc(COCC2CCc3c(ncn3C(c3ccccc3)(c3ccccc3)c3ccccc3)C2)cc1. The third kappa shape index (κ3) is 5.32. The summed E-state index contributed by atoms with van der Waals surface area (Å²) in [7, 11) is 0. The van der Waals surface area contributed by atoms with E-state index < -0.39 is 17.3 Å². The molecule has 0 bridgehead atoms. The molecule has 3 nitrogen and oxygen atoms in total. The molecular formula is C35H31F3N2O. The van der Waals surface area contributed by atoms with Gasteiger partial charge in [0.05, 0.1) is 30.8 Å². The molecule has 0 radical (unpaired) electrons. The molecule has 5 aromatic rings. The van der Waals surface area contributed by atoms with Crippen LogP contribution in [0.15, 0.2) is 122 Å². The normalized spacial score (nSPS) is 15.4. The quantitative estimate of drug-likeness (QED) is 0.182. The molecule has 0 aliphatic heterocycles. The first-order chi connectivity index (χ1) is 20.0. The summed E-state index contributed by atoms with van der Waals surface area (Å²) < 4.78 is 46.9. The minimum atomic E-state index is -4.33. The molecule has 1 unspecified atom stereocenters. The van der Waals surface area contributed by atoms with Gasteiger partial charge in [0.25, 0.3) is 0 Å². The highest BCUT2D eigenvalue weighted by molar-refractivity contribution is 5.51. The molecule has 6 heteroatoms. The molecule has 41 heavy (non-hydrogen) atoms. The van der Waals surface area contributed by atoms with Gasteiger partial charge in [-0.25, -0.2) is 4.98 Å². The van der Waals surface area contributed by atoms with Crippen molar-refractivity contribution in [1.29, 1.82) is 0 Å². The Labute approximate surface area is 238 Å². The third-order valence-corrected chi connectivity index (χ3v) is 8.06. The number of alkyl halides is 3. The molecule has 0 spiro atoms. The Morgan fingerprint density at radius 3 is 1.76 bits per heavy atom. The second-order valence-electron chi connectivity index (χ2n) is 10.6. The van der Waals surface area contributed by atoms with E-state index in [4.69, 9.17) is 9.72 Å². The Morgan fingerprint density at radius 1 is 0.707 bits per heavy atom. The fourth-order valence-electron chi connectivity index (χ4n) is 6.08. The number of benzene rings is 4. The molecule has 4 aromatic carbocycles. The van der Waals surface area contributed by atoms with Crippen LogP contribution in [0, 0.1) is 5.92 Å². The van der Waals surface area contributed by atoms with Crippen LogP contribution >= 0.6 is 0 Å². The number of ether oxygens (including phenoxy) is 1. The van der Waals surface area contributed by atoms with Crippen LogP contribution in [0.3, 0.4) is 0 Å². The van der Waals surface area contributed by atoms with Crippen molar-refractivity contribution in [1.82, 2.24) is 9.55 Å². The summed E-state index contributed by atoms with van der Waals surface area (Å²) in [6, 6.07) is 37.0. The van der Waals surface area contributed by atoms with Crippen molar-refractivity contribution < 1.29 is 17.9 Å². The Hall–Kier alpha value is -4.16. The second-order valence-corrected chi connectivity index (χ2v) is 10.6. The summed E-state index contributed by atoms with van der Waals surface area (Å²) in [5, 5.41) is 0. The Morgan fingerprint density at radius 2 is 1.24 bits per heavy atom. The van der Waals surface area contributed by atoms with Crippen molar-refractivity contribution in [3.8, 4) is 0 Å². The maximum atomic E-state index is 12.9. The fourth-order valence-corrected chi connectivity index (χ4v) is 6.08. The van der Waals surface area contributed by atoms with Gasteiger partial charge in [0.2, 0.25) is 0 Å². The first-order valence-electron chi connectivity index (χ1n) is 13.9. The monoisotopic (exact) mass is 552 g/mol. The number of fused-ring (bicyclic) bond motifs is 1. The number of nitrogens with zero attached hydrogens (tertiary/aromatic N) is 2. The lowest BCUT2D eigenvalue weighted by Crippen LogP contribution is -2.39. The minimum absolute atomic E-state index is 0.287. The highest BCUT2D eigenvalue weighted by Crippen LogP contribution is 2.43. The summed E-state index contributed by atoms with van der Waals surface area (Å²) >= 11 is 0. The van der Waals surface area contributed by atoms with Crippen LogP contribution in [0.5, 0.6) is 0 Å². The van der Waals surface area contributed by atoms with Crippen LogP contribution < -0.4 is 0 Å². The topological polar surface area (TPSA) is 27.1 Å². The molecule has 0 amide bonds. The van der Waals surface area contributed by atoms with Crippen molar-refractivity contribution in [3.63, 3.8) is 0 Å². The molecule has 6 rings (SSSR count). The second kappa shape index (κ2) is 11.4. The maximum absolute atomic E-state index is 12.9. The zero-order chi connectivity index (χ0) is 28.3. The van der Waals surface area contributed by atoms with E-state index in [9.17, 15) is 13.2 Å². The molecule has 0 fully saturated rings. The number of halogens is 3. The Kier molecular flexibility index (Phi) is 7.50. The first kappa shape index (κ1) is 27.0. The van der Waals surface area contributed by atoms with E-state index in [0.717, 1.165) is 42.7 Å². The van der Waals surface area contributed by atoms with E-state index in [-0.39, 0.29) is 6.61 Å². The van der Waals surface area contributed by atoms with Gasteiger partial charge in [-0.3, -0.25) is 0 Å². The van der Waals surface area contributed by atoms with E-state index in [2.05, 4.69) is 77.4 Å². The fraction of sp³-hybridized carbons (Fsp3) is 0.229. The predicted molar refractivity (Wildman–Crippen MR) is 153 cm³/mol. The number of hydrogen-bond donors (Lipinski definition) is 0. The van der Waals surface area contributed by atoms with Crippen molar-refractivity contribution >= 4 is 0 Å². The molecule has 0 saturated carbocycles. The molecule has 1 atom stereocenters. The predicted octanol–water partition coefficient (Wildman–Crippen LogP) is 8.06. The average Bonchev–Trinajstić information content (AvgIpc) is 3.43. The molecular weight excluding hydrogens is 521 g/mol. The lowest BCUT2D eigenvalue weighted by molar-refractivity contribution is -0.137. The van der Waals surface area contributed by atoms with Crippen LogP contribution in [0.2, 0.25) is 0 Å². The van der Waals surface area contributed by atoms with Crippen LogP contribution in [-0.4, -0.2) is 16.2 Å². The number of aromatic nitrogens is 2. The zero-order valence-corrected chi connectivity index (χ0v) is 22.6. The van der Waals surface area contributed by atoms with Gasteiger partial charge in [-0.05, 0) is 59.6 Å². The number of imidazole rings is 1. The molecule has 1 aliphatic carbocycles. The lowest BCUT2D eigenvalue weighted by Gasteiger charge is -2.39. The largest absolute Gasteiger partial charge is 0.416 e. The maximum Gasteiger partial charge on any atom is 0.416 e. The van der Waals surface area contributed by atoms with Gasteiger partial charge in [-0.15, -0.1) is 0 Å². The zero-order valence-electron chi connectivity index (χ0n) is 22.6. The van der Waals surface area contributed by atoms with Crippen molar-refractivity contribution in [2.45, 2.75) is 37.6 Å². The lowest BCUT2D eigenvalue weighted by atomic mass is 9.76. The van der Waals surface area contributed by atoms with E-state index >= 15 is 0 Å². The van der Waals surface area contributed by atoms with Crippen LogP contribution in [-0.2, 0) is 35.9 Å². The molecule has 0 N–H and O–H groups in total. The van der Waals surface area contributed by atoms with Gasteiger partial charge in [0, 0.05) is 5.69 Å². The van der Waals surface area contributed by atoms with E-state index in [1.807, 2.05) is 24.5 Å². The summed E-state index contributed by atoms with van der Waals surface area (Å²) in [6.45, 7) is 0.823. The first-order valence-corrected chi connectivity index (χ1v) is 13.9.